The summed E-state index contributed by atoms with van der Waals surface area (Å²) in [6.07, 6.45) is 4.85. The van der Waals surface area contributed by atoms with Gasteiger partial charge >= 0.3 is 7.12 Å². The van der Waals surface area contributed by atoms with Crippen molar-refractivity contribution in [2.24, 2.45) is 5.92 Å². The van der Waals surface area contributed by atoms with E-state index in [0.29, 0.717) is 19.1 Å². The van der Waals surface area contributed by atoms with Gasteiger partial charge in [-0.15, -0.1) is 0 Å². The number of rotatable bonds is 1. The van der Waals surface area contributed by atoms with Gasteiger partial charge in [-0.1, -0.05) is 13.0 Å². The van der Waals surface area contributed by atoms with Crippen molar-refractivity contribution in [2.75, 3.05) is 13.2 Å². The van der Waals surface area contributed by atoms with Crippen LogP contribution in [0.25, 0.3) is 0 Å². The summed E-state index contributed by atoms with van der Waals surface area (Å²) in [5, 5.41) is 0. The largest absolute Gasteiger partial charge is 0.490 e. The Labute approximate surface area is 114 Å². The fourth-order valence-corrected chi connectivity index (χ4v) is 3.84. The van der Waals surface area contributed by atoms with Crippen LogP contribution >= 0.6 is 0 Å². The molecule has 2 atom stereocenters. The van der Waals surface area contributed by atoms with Gasteiger partial charge in [-0.25, -0.2) is 0 Å². The second kappa shape index (κ2) is 3.64. The SMILES string of the molecule is CC1C2(C)OB(C3=CCC4(CC3)OCCO4)OC12C. The van der Waals surface area contributed by atoms with Crippen LogP contribution in [0.3, 0.4) is 0 Å². The predicted octanol–water partition coefficient (Wildman–Crippen LogP) is 2.08. The smallest absolute Gasteiger partial charge is 0.399 e. The molecule has 104 valence electrons. The third kappa shape index (κ3) is 1.50. The summed E-state index contributed by atoms with van der Waals surface area (Å²) in [6, 6.07) is 0. The van der Waals surface area contributed by atoms with E-state index in [4.69, 9.17) is 18.8 Å². The molecule has 0 aromatic carbocycles. The van der Waals surface area contributed by atoms with Gasteiger partial charge in [0.15, 0.2) is 5.79 Å². The Bertz CT molecular complexity index is 427. The maximum atomic E-state index is 6.16. The molecule has 0 amide bonds. The molecule has 0 aromatic heterocycles. The van der Waals surface area contributed by atoms with Crippen LogP contribution in [0.1, 0.15) is 40.0 Å². The summed E-state index contributed by atoms with van der Waals surface area (Å²) in [5.74, 6) is 0.125. The maximum Gasteiger partial charge on any atom is 0.490 e. The van der Waals surface area contributed by atoms with E-state index in [0.717, 1.165) is 19.3 Å². The van der Waals surface area contributed by atoms with Crippen molar-refractivity contribution in [1.29, 1.82) is 0 Å². The van der Waals surface area contributed by atoms with E-state index in [1.165, 1.54) is 5.47 Å². The minimum Gasteiger partial charge on any atom is -0.399 e. The first kappa shape index (κ1) is 12.4. The number of fused-ring (bicyclic) bond motifs is 1. The number of hydrogen-bond acceptors (Lipinski definition) is 4. The van der Waals surface area contributed by atoms with Crippen LogP contribution in [0, 0.1) is 5.92 Å². The summed E-state index contributed by atoms with van der Waals surface area (Å²) in [7, 11) is -0.162. The molecule has 4 nitrogen and oxygen atoms in total. The van der Waals surface area contributed by atoms with E-state index < -0.39 is 0 Å². The molecule has 0 N–H and O–H groups in total. The fourth-order valence-electron chi connectivity index (χ4n) is 3.84. The fraction of sp³-hybridized carbons (Fsp3) is 0.857. The van der Waals surface area contributed by atoms with Crippen LogP contribution in [0.5, 0.6) is 0 Å². The van der Waals surface area contributed by atoms with Gasteiger partial charge in [0.2, 0.25) is 0 Å². The summed E-state index contributed by atoms with van der Waals surface area (Å²) in [4.78, 5) is 0. The van der Waals surface area contributed by atoms with Gasteiger partial charge in [-0.05, 0) is 25.7 Å². The molecule has 2 unspecified atom stereocenters. The van der Waals surface area contributed by atoms with Crippen LogP contribution in [0.4, 0.5) is 0 Å². The third-order valence-electron chi connectivity index (χ3n) is 5.84. The van der Waals surface area contributed by atoms with E-state index in [-0.39, 0.29) is 24.1 Å². The lowest BCUT2D eigenvalue weighted by Crippen LogP contribution is -2.36. The molecule has 2 heterocycles. The van der Waals surface area contributed by atoms with Crippen molar-refractivity contribution >= 4 is 7.12 Å². The third-order valence-corrected chi connectivity index (χ3v) is 5.84. The Balaban J connectivity index is 1.47. The van der Waals surface area contributed by atoms with Gasteiger partial charge in [0.05, 0.1) is 24.4 Å². The zero-order valence-corrected chi connectivity index (χ0v) is 11.9. The highest BCUT2D eigenvalue weighted by molar-refractivity contribution is 6.55. The quantitative estimate of drug-likeness (QED) is 0.679. The van der Waals surface area contributed by atoms with Gasteiger partial charge in [-0.3, -0.25) is 0 Å². The van der Waals surface area contributed by atoms with Crippen molar-refractivity contribution in [1.82, 2.24) is 0 Å². The van der Waals surface area contributed by atoms with Crippen molar-refractivity contribution in [3.8, 4) is 0 Å². The molecule has 2 saturated heterocycles. The summed E-state index contributed by atoms with van der Waals surface area (Å²) in [5.41, 5.74) is 1.05. The van der Waals surface area contributed by atoms with E-state index in [1.54, 1.807) is 0 Å². The van der Waals surface area contributed by atoms with Crippen LogP contribution in [-0.2, 0) is 18.8 Å². The topological polar surface area (TPSA) is 36.9 Å². The van der Waals surface area contributed by atoms with Gasteiger partial charge in [0.25, 0.3) is 0 Å². The first-order chi connectivity index (χ1) is 8.99. The summed E-state index contributed by atoms with van der Waals surface area (Å²) >= 11 is 0. The zero-order chi connectivity index (χ0) is 13.3. The predicted molar refractivity (Wildman–Crippen MR) is 70.5 cm³/mol. The normalized spacial score (nSPS) is 47.4. The van der Waals surface area contributed by atoms with Crippen molar-refractivity contribution < 1.29 is 18.8 Å². The molecule has 2 aliphatic carbocycles. The van der Waals surface area contributed by atoms with Gasteiger partial charge < -0.3 is 18.8 Å². The van der Waals surface area contributed by atoms with Gasteiger partial charge in [0, 0.05) is 18.8 Å². The Morgan fingerprint density at radius 3 is 2.32 bits per heavy atom. The molecular weight excluding hydrogens is 243 g/mol. The molecule has 1 saturated carbocycles. The Kier molecular flexibility index (Phi) is 2.37. The zero-order valence-electron chi connectivity index (χ0n) is 11.9. The van der Waals surface area contributed by atoms with Crippen LogP contribution in [0.15, 0.2) is 11.5 Å². The highest BCUT2D eigenvalue weighted by atomic mass is 16.7. The second-order valence-electron chi connectivity index (χ2n) is 6.59. The van der Waals surface area contributed by atoms with Crippen molar-refractivity contribution in [3.05, 3.63) is 11.5 Å². The first-order valence-corrected chi connectivity index (χ1v) is 7.32. The number of hydrogen-bond donors (Lipinski definition) is 0. The molecule has 0 aromatic rings. The first-order valence-electron chi connectivity index (χ1n) is 7.32. The molecule has 4 rings (SSSR count). The molecule has 4 aliphatic rings. The second-order valence-corrected chi connectivity index (χ2v) is 6.59. The molecule has 3 fully saturated rings. The lowest BCUT2D eigenvalue weighted by Gasteiger charge is -2.31. The maximum absolute atomic E-state index is 6.16. The Hall–Kier alpha value is -0.355. The van der Waals surface area contributed by atoms with Crippen molar-refractivity contribution in [3.63, 3.8) is 0 Å². The van der Waals surface area contributed by atoms with Gasteiger partial charge in [-0.2, -0.15) is 0 Å². The monoisotopic (exact) mass is 264 g/mol. The molecule has 2 aliphatic heterocycles. The van der Waals surface area contributed by atoms with Gasteiger partial charge in [0.1, 0.15) is 0 Å². The standard InChI is InChI=1S/C14H21BO4/c1-10-12(2)13(10,3)19-15(18-12)11-4-6-14(7-5-11)16-8-9-17-14/h4,10H,5-9H2,1-3H3. The highest BCUT2D eigenvalue weighted by Crippen LogP contribution is 2.64. The molecule has 19 heavy (non-hydrogen) atoms. The Morgan fingerprint density at radius 1 is 1.16 bits per heavy atom. The average Bonchev–Trinajstić information content (AvgIpc) is 2.83. The summed E-state index contributed by atoms with van der Waals surface area (Å²) in [6.45, 7) is 7.94. The summed E-state index contributed by atoms with van der Waals surface area (Å²) < 4.78 is 23.8. The minimum absolute atomic E-state index is 0.103. The molecule has 0 radical (unpaired) electrons. The molecule has 0 bridgehead atoms. The highest BCUT2D eigenvalue weighted by Gasteiger charge is 2.77. The van der Waals surface area contributed by atoms with E-state index in [9.17, 15) is 0 Å². The molecule has 5 heteroatoms. The van der Waals surface area contributed by atoms with Crippen LogP contribution < -0.4 is 0 Å². The van der Waals surface area contributed by atoms with Crippen LogP contribution in [-0.4, -0.2) is 37.3 Å². The van der Waals surface area contributed by atoms with Crippen LogP contribution in [0.2, 0.25) is 0 Å². The number of ether oxygens (including phenoxy) is 2. The lowest BCUT2D eigenvalue weighted by atomic mass is 9.71. The lowest BCUT2D eigenvalue weighted by molar-refractivity contribution is -0.161. The molecular formula is C14H21BO4. The number of allylic oxidation sites excluding steroid dienone is 1. The van der Waals surface area contributed by atoms with E-state index in [1.807, 2.05) is 0 Å². The van der Waals surface area contributed by atoms with E-state index in [2.05, 4.69) is 26.8 Å². The van der Waals surface area contributed by atoms with E-state index >= 15 is 0 Å². The molecule has 1 spiro atoms. The Morgan fingerprint density at radius 2 is 1.79 bits per heavy atom. The minimum atomic E-state index is -0.355. The van der Waals surface area contributed by atoms with Crippen molar-refractivity contribution in [2.45, 2.75) is 57.0 Å². The average molecular weight is 264 g/mol.